The van der Waals surface area contributed by atoms with Crippen LogP contribution in [0, 0.1) is 13.8 Å². The highest BCUT2D eigenvalue weighted by Crippen LogP contribution is 2.34. The van der Waals surface area contributed by atoms with E-state index in [0.29, 0.717) is 11.5 Å². The molecule has 1 rings (SSSR count). The summed E-state index contributed by atoms with van der Waals surface area (Å²) in [7, 11) is 3.21. The summed E-state index contributed by atoms with van der Waals surface area (Å²) in [6, 6.07) is 1.87. The molecule has 0 aliphatic rings. The number of ether oxygens (including phenoxy) is 2. The van der Waals surface area contributed by atoms with Gasteiger partial charge in [0.1, 0.15) is 0 Å². The third-order valence-corrected chi connectivity index (χ3v) is 2.42. The van der Waals surface area contributed by atoms with E-state index in [1.807, 2.05) is 19.9 Å². The molecule has 0 unspecified atom stereocenters. The maximum atomic E-state index is 9.19. The highest BCUT2D eigenvalue weighted by atomic mass is 16.5. The van der Waals surface area contributed by atoms with Gasteiger partial charge in [-0.05, 0) is 31.0 Å². The van der Waals surface area contributed by atoms with E-state index in [-0.39, 0.29) is 6.61 Å². The molecule has 0 saturated heterocycles. The molecule has 3 heteroatoms. The highest BCUT2D eigenvalue weighted by molar-refractivity contribution is 5.53. The molecule has 14 heavy (non-hydrogen) atoms. The molecule has 0 saturated carbocycles. The predicted molar refractivity (Wildman–Crippen MR) is 54.9 cm³/mol. The van der Waals surface area contributed by atoms with Gasteiger partial charge < -0.3 is 14.6 Å². The Balaban J connectivity index is 3.39. The second-order valence-corrected chi connectivity index (χ2v) is 3.19. The number of aryl methyl sites for hydroxylation is 1. The minimum absolute atomic E-state index is 0.0258. The van der Waals surface area contributed by atoms with Gasteiger partial charge in [-0.15, -0.1) is 0 Å². The number of aliphatic hydroxyl groups is 1. The molecule has 1 aromatic carbocycles. The van der Waals surface area contributed by atoms with Crippen LogP contribution in [-0.2, 0) is 6.61 Å². The Hall–Kier alpha value is -1.22. The standard InChI is InChI=1S/C11H16O3/c1-7-5-10(13-3)11(14-4)8(2)9(7)6-12/h5,12H,6H2,1-4H3. The lowest BCUT2D eigenvalue weighted by Gasteiger charge is -2.15. The van der Waals surface area contributed by atoms with Crippen molar-refractivity contribution in [2.45, 2.75) is 20.5 Å². The molecule has 0 aliphatic heterocycles. The van der Waals surface area contributed by atoms with E-state index in [0.717, 1.165) is 16.7 Å². The van der Waals surface area contributed by atoms with Crippen LogP contribution in [0.3, 0.4) is 0 Å². The van der Waals surface area contributed by atoms with Crippen LogP contribution in [-0.4, -0.2) is 19.3 Å². The van der Waals surface area contributed by atoms with Gasteiger partial charge in [-0.1, -0.05) is 0 Å². The normalized spacial score (nSPS) is 10.1. The van der Waals surface area contributed by atoms with Gasteiger partial charge in [0.15, 0.2) is 11.5 Å². The van der Waals surface area contributed by atoms with Crippen molar-refractivity contribution in [1.29, 1.82) is 0 Å². The molecule has 1 aromatic rings. The van der Waals surface area contributed by atoms with Crippen LogP contribution >= 0.6 is 0 Å². The summed E-state index contributed by atoms with van der Waals surface area (Å²) < 4.78 is 10.4. The Labute approximate surface area is 84.3 Å². The van der Waals surface area contributed by atoms with E-state index >= 15 is 0 Å². The monoisotopic (exact) mass is 196 g/mol. The molecule has 0 aliphatic carbocycles. The Bertz CT molecular complexity index is 332. The molecule has 0 aromatic heterocycles. The van der Waals surface area contributed by atoms with Gasteiger partial charge in [0.2, 0.25) is 0 Å². The fourth-order valence-electron chi connectivity index (χ4n) is 1.62. The summed E-state index contributed by atoms with van der Waals surface area (Å²) in [6.07, 6.45) is 0. The number of hydrogen-bond acceptors (Lipinski definition) is 3. The highest BCUT2D eigenvalue weighted by Gasteiger charge is 2.13. The number of methoxy groups -OCH3 is 2. The summed E-state index contributed by atoms with van der Waals surface area (Å²) in [5.74, 6) is 1.40. The third kappa shape index (κ3) is 1.68. The molecule has 0 radical (unpaired) electrons. The maximum absolute atomic E-state index is 9.19. The van der Waals surface area contributed by atoms with Gasteiger partial charge in [0.05, 0.1) is 20.8 Å². The minimum atomic E-state index is 0.0258. The van der Waals surface area contributed by atoms with Gasteiger partial charge >= 0.3 is 0 Å². The molecule has 0 amide bonds. The third-order valence-electron chi connectivity index (χ3n) is 2.42. The first-order chi connectivity index (χ1) is 6.65. The minimum Gasteiger partial charge on any atom is -0.493 e. The first kappa shape index (κ1) is 10.9. The second kappa shape index (κ2) is 4.33. The molecule has 0 spiro atoms. The van der Waals surface area contributed by atoms with Gasteiger partial charge in [0, 0.05) is 5.56 Å². The second-order valence-electron chi connectivity index (χ2n) is 3.19. The van der Waals surface area contributed by atoms with Crippen molar-refractivity contribution >= 4 is 0 Å². The van der Waals surface area contributed by atoms with Crippen molar-refractivity contribution in [2.24, 2.45) is 0 Å². The van der Waals surface area contributed by atoms with Crippen molar-refractivity contribution < 1.29 is 14.6 Å². The number of hydrogen-bond donors (Lipinski definition) is 1. The van der Waals surface area contributed by atoms with Gasteiger partial charge in [0.25, 0.3) is 0 Å². The largest absolute Gasteiger partial charge is 0.493 e. The van der Waals surface area contributed by atoms with Gasteiger partial charge in [-0.25, -0.2) is 0 Å². The van der Waals surface area contributed by atoms with Gasteiger partial charge in [-0.2, -0.15) is 0 Å². The van der Waals surface area contributed by atoms with Crippen LogP contribution in [0.15, 0.2) is 6.07 Å². The zero-order valence-electron chi connectivity index (χ0n) is 9.05. The van der Waals surface area contributed by atoms with Crippen molar-refractivity contribution in [1.82, 2.24) is 0 Å². The quantitative estimate of drug-likeness (QED) is 0.801. The number of rotatable bonds is 3. The average Bonchev–Trinajstić information content (AvgIpc) is 2.17. The lowest BCUT2D eigenvalue weighted by Crippen LogP contribution is -2.00. The van der Waals surface area contributed by atoms with Crippen LogP contribution in [0.5, 0.6) is 11.5 Å². The van der Waals surface area contributed by atoms with Crippen molar-refractivity contribution in [2.75, 3.05) is 14.2 Å². The van der Waals surface area contributed by atoms with E-state index in [4.69, 9.17) is 9.47 Å². The van der Waals surface area contributed by atoms with E-state index in [9.17, 15) is 5.11 Å². The zero-order chi connectivity index (χ0) is 10.7. The summed E-state index contributed by atoms with van der Waals surface area (Å²) in [5, 5.41) is 9.19. The first-order valence-electron chi connectivity index (χ1n) is 4.47. The number of benzene rings is 1. The van der Waals surface area contributed by atoms with E-state index in [2.05, 4.69) is 0 Å². The Kier molecular flexibility index (Phi) is 3.36. The Morgan fingerprint density at radius 1 is 1.21 bits per heavy atom. The molecule has 3 nitrogen and oxygen atoms in total. The van der Waals surface area contributed by atoms with Crippen LogP contribution in [0.1, 0.15) is 16.7 Å². The fraction of sp³-hybridized carbons (Fsp3) is 0.455. The lowest BCUT2D eigenvalue weighted by molar-refractivity contribution is 0.278. The fourth-order valence-corrected chi connectivity index (χ4v) is 1.62. The van der Waals surface area contributed by atoms with Crippen molar-refractivity contribution in [3.63, 3.8) is 0 Å². The van der Waals surface area contributed by atoms with Crippen LogP contribution in [0.2, 0.25) is 0 Å². The molecule has 1 N–H and O–H groups in total. The molecule has 0 atom stereocenters. The van der Waals surface area contributed by atoms with E-state index < -0.39 is 0 Å². The van der Waals surface area contributed by atoms with Crippen molar-refractivity contribution in [3.8, 4) is 11.5 Å². The van der Waals surface area contributed by atoms with Crippen molar-refractivity contribution in [3.05, 3.63) is 22.8 Å². The summed E-state index contributed by atoms with van der Waals surface area (Å²) in [5.41, 5.74) is 2.86. The maximum Gasteiger partial charge on any atom is 0.163 e. The Morgan fingerprint density at radius 3 is 2.29 bits per heavy atom. The average molecular weight is 196 g/mol. The summed E-state index contributed by atoms with van der Waals surface area (Å²) in [6.45, 7) is 3.89. The molecule has 78 valence electrons. The van der Waals surface area contributed by atoms with Crippen LogP contribution < -0.4 is 9.47 Å². The topological polar surface area (TPSA) is 38.7 Å². The van der Waals surface area contributed by atoms with E-state index in [1.165, 1.54) is 0 Å². The zero-order valence-corrected chi connectivity index (χ0v) is 9.05. The lowest BCUT2D eigenvalue weighted by atomic mass is 10.0. The summed E-state index contributed by atoms with van der Waals surface area (Å²) in [4.78, 5) is 0. The molecule has 0 bridgehead atoms. The summed E-state index contributed by atoms with van der Waals surface area (Å²) >= 11 is 0. The molecule has 0 fully saturated rings. The molecular formula is C11H16O3. The van der Waals surface area contributed by atoms with Crippen LogP contribution in [0.25, 0.3) is 0 Å². The molecule has 0 heterocycles. The predicted octanol–water partition coefficient (Wildman–Crippen LogP) is 1.81. The number of aliphatic hydroxyl groups excluding tert-OH is 1. The van der Waals surface area contributed by atoms with E-state index in [1.54, 1.807) is 14.2 Å². The Morgan fingerprint density at radius 2 is 1.86 bits per heavy atom. The SMILES string of the molecule is COc1cc(C)c(CO)c(C)c1OC. The smallest absolute Gasteiger partial charge is 0.163 e. The first-order valence-corrected chi connectivity index (χ1v) is 4.47. The van der Waals surface area contributed by atoms with Crippen LogP contribution in [0.4, 0.5) is 0 Å². The molecular weight excluding hydrogens is 180 g/mol. The van der Waals surface area contributed by atoms with Gasteiger partial charge in [-0.3, -0.25) is 0 Å².